The number of aromatic nitrogens is 1. The van der Waals surface area contributed by atoms with Crippen molar-refractivity contribution in [3.63, 3.8) is 0 Å². The molecule has 0 saturated heterocycles. The van der Waals surface area contributed by atoms with Crippen LogP contribution in [0.25, 0.3) is 0 Å². The minimum atomic E-state index is 0.255. The van der Waals surface area contributed by atoms with E-state index in [1.165, 1.54) is 0 Å². The smallest absolute Gasteiger partial charge is 0.146 e. The van der Waals surface area contributed by atoms with E-state index in [2.05, 4.69) is 10.3 Å². The van der Waals surface area contributed by atoms with Gasteiger partial charge in [0.15, 0.2) is 0 Å². The molecule has 11 heavy (non-hydrogen) atoms. The number of pyridine rings is 1. The minimum absolute atomic E-state index is 0.255. The van der Waals surface area contributed by atoms with Crippen molar-refractivity contribution >= 4 is 5.69 Å². The Labute approximate surface area is 65.4 Å². The Bertz CT molecular complexity index is 262. The Kier molecular flexibility index (Phi) is 1.42. The Balaban J connectivity index is 2.34. The molecule has 1 unspecified atom stereocenters. The maximum Gasteiger partial charge on any atom is 0.146 e. The first-order valence-corrected chi connectivity index (χ1v) is 3.71. The summed E-state index contributed by atoms with van der Waals surface area (Å²) in [6.07, 6.45) is 3.77. The van der Waals surface area contributed by atoms with Crippen LogP contribution < -0.4 is 10.1 Å². The van der Waals surface area contributed by atoms with E-state index in [0.29, 0.717) is 0 Å². The summed E-state index contributed by atoms with van der Waals surface area (Å²) in [6, 6.07) is 1.87. The highest BCUT2D eigenvalue weighted by atomic mass is 16.5. The standard InChI is InChI=1S/C8H10N2O/c1-6-4-10-7-5-9-3-2-8(7)11-6/h2-3,5-6,10H,4H2,1H3. The molecule has 0 aliphatic carbocycles. The van der Waals surface area contributed by atoms with Crippen molar-refractivity contribution in [2.75, 3.05) is 11.9 Å². The first-order chi connectivity index (χ1) is 5.36. The van der Waals surface area contributed by atoms with Gasteiger partial charge in [-0.1, -0.05) is 0 Å². The molecule has 0 fully saturated rings. The highest BCUT2D eigenvalue weighted by Crippen LogP contribution is 2.26. The third kappa shape index (κ3) is 1.13. The normalized spacial score (nSPS) is 21.4. The number of anilines is 1. The van der Waals surface area contributed by atoms with Gasteiger partial charge in [0.1, 0.15) is 11.9 Å². The van der Waals surface area contributed by atoms with Crippen LogP contribution in [0.2, 0.25) is 0 Å². The summed E-state index contributed by atoms with van der Waals surface area (Å²) in [5.74, 6) is 0.902. The van der Waals surface area contributed by atoms with Crippen LogP contribution in [0, 0.1) is 0 Å². The largest absolute Gasteiger partial charge is 0.487 e. The quantitative estimate of drug-likeness (QED) is 0.604. The lowest BCUT2D eigenvalue weighted by Crippen LogP contribution is -2.27. The lowest BCUT2D eigenvalue weighted by Gasteiger charge is -2.23. The third-order valence-electron chi connectivity index (χ3n) is 1.69. The van der Waals surface area contributed by atoms with Gasteiger partial charge < -0.3 is 10.1 Å². The minimum Gasteiger partial charge on any atom is -0.487 e. The van der Waals surface area contributed by atoms with Gasteiger partial charge in [0.05, 0.1) is 18.4 Å². The fourth-order valence-electron chi connectivity index (χ4n) is 1.13. The molecule has 1 aromatic heterocycles. The fraction of sp³-hybridized carbons (Fsp3) is 0.375. The van der Waals surface area contributed by atoms with Crippen LogP contribution in [0.15, 0.2) is 18.5 Å². The SMILES string of the molecule is CC1CNc2cnccc2O1. The number of nitrogens with zero attached hydrogens (tertiary/aromatic N) is 1. The summed E-state index contributed by atoms with van der Waals surface area (Å²) >= 11 is 0. The zero-order valence-electron chi connectivity index (χ0n) is 6.37. The Hall–Kier alpha value is -1.25. The van der Waals surface area contributed by atoms with Crippen LogP contribution in [0.3, 0.4) is 0 Å². The summed E-state index contributed by atoms with van der Waals surface area (Å²) in [6.45, 7) is 2.90. The second-order valence-electron chi connectivity index (χ2n) is 2.68. The second kappa shape index (κ2) is 2.42. The van der Waals surface area contributed by atoms with E-state index in [4.69, 9.17) is 4.74 Å². The monoisotopic (exact) mass is 150 g/mol. The molecule has 3 heteroatoms. The fourth-order valence-corrected chi connectivity index (χ4v) is 1.13. The van der Waals surface area contributed by atoms with Crippen LogP contribution in [0.4, 0.5) is 5.69 Å². The lowest BCUT2D eigenvalue weighted by atomic mass is 10.3. The van der Waals surface area contributed by atoms with Gasteiger partial charge in [-0.2, -0.15) is 0 Å². The van der Waals surface area contributed by atoms with Crippen molar-refractivity contribution in [2.45, 2.75) is 13.0 Å². The molecule has 3 nitrogen and oxygen atoms in total. The van der Waals surface area contributed by atoms with Crippen LogP contribution in [-0.4, -0.2) is 17.6 Å². The molecule has 1 N–H and O–H groups in total. The molecule has 1 aromatic rings. The highest BCUT2D eigenvalue weighted by Gasteiger charge is 2.13. The molecule has 1 atom stereocenters. The van der Waals surface area contributed by atoms with Crippen LogP contribution in [-0.2, 0) is 0 Å². The predicted molar refractivity (Wildman–Crippen MR) is 42.8 cm³/mol. The maximum absolute atomic E-state index is 5.53. The summed E-state index contributed by atoms with van der Waals surface area (Å²) < 4.78 is 5.53. The summed E-state index contributed by atoms with van der Waals surface area (Å²) in [5, 5.41) is 3.22. The van der Waals surface area contributed by atoms with Crippen molar-refractivity contribution < 1.29 is 4.74 Å². The molecular formula is C8H10N2O. The molecule has 1 aliphatic heterocycles. The third-order valence-corrected chi connectivity index (χ3v) is 1.69. The lowest BCUT2D eigenvalue weighted by molar-refractivity contribution is 0.226. The van der Waals surface area contributed by atoms with Crippen LogP contribution >= 0.6 is 0 Å². The zero-order valence-corrected chi connectivity index (χ0v) is 6.37. The summed E-state index contributed by atoms with van der Waals surface area (Å²) in [5.41, 5.74) is 0.991. The Morgan fingerprint density at radius 2 is 2.64 bits per heavy atom. The van der Waals surface area contributed by atoms with Crippen molar-refractivity contribution in [1.82, 2.24) is 4.98 Å². The zero-order chi connectivity index (χ0) is 7.68. The number of fused-ring (bicyclic) bond motifs is 1. The molecular weight excluding hydrogens is 140 g/mol. The van der Waals surface area contributed by atoms with Gasteiger partial charge >= 0.3 is 0 Å². The molecule has 1 aliphatic rings. The molecule has 0 bridgehead atoms. The molecule has 2 heterocycles. The molecule has 58 valence electrons. The topological polar surface area (TPSA) is 34.2 Å². The van der Waals surface area contributed by atoms with Crippen molar-refractivity contribution in [3.8, 4) is 5.75 Å². The van der Waals surface area contributed by atoms with Gasteiger partial charge in [0, 0.05) is 12.3 Å². The molecule has 0 saturated carbocycles. The number of hydrogen-bond donors (Lipinski definition) is 1. The Morgan fingerprint density at radius 3 is 3.55 bits per heavy atom. The van der Waals surface area contributed by atoms with E-state index in [1.54, 1.807) is 12.4 Å². The van der Waals surface area contributed by atoms with Gasteiger partial charge in [-0.3, -0.25) is 4.98 Å². The first kappa shape index (κ1) is 6.46. The molecule has 2 rings (SSSR count). The van der Waals surface area contributed by atoms with E-state index < -0.39 is 0 Å². The van der Waals surface area contributed by atoms with Crippen molar-refractivity contribution in [1.29, 1.82) is 0 Å². The summed E-state index contributed by atoms with van der Waals surface area (Å²) in [7, 11) is 0. The van der Waals surface area contributed by atoms with E-state index in [-0.39, 0.29) is 6.10 Å². The first-order valence-electron chi connectivity index (χ1n) is 3.71. The van der Waals surface area contributed by atoms with Crippen LogP contribution in [0.5, 0.6) is 5.75 Å². The van der Waals surface area contributed by atoms with Gasteiger partial charge in [-0.05, 0) is 6.92 Å². The summed E-state index contributed by atoms with van der Waals surface area (Å²) in [4.78, 5) is 3.98. The van der Waals surface area contributed by atoms with Crippen molar-refractivity contribution in [2.24, 2.45) is 0 Å². The number of nitrogens with one attached hydrogen (secondary N) is 1. The van der Waals surface area contributed by atoms with E-state index >= 15 is 0 Å². The number of rotatable bonds is 0. The molecule has 0 radical (unpaired) electrons. The molecule has 0 spiro atoms. The molecule has 0 aromatic carbocycles. The molecule has 0 amide bonds. The average molecular weight is 150 g/mol. The van der Waals surface area contributed by atoms with E-state index in [1.807, 2.05) is 13.0 Å². The van der Waals surface area contributed by atoms with Gasteiger partial charge in [0.2, 0.25) is 0 Å². The average Bonchev–Trinajstić information content (AvgIpc) is 2.04. The van der Waals surface area contributed by atoms with E-state index in [9.17, 15) is 0 Å². The maximum atomic E-state index is 5.53. The predicted octanol–water partition coefficient (Wildman–Crippen LogP) is 1.27. The number of ether oxygens (including phenoxy) is 1. The van der Waals surface area contributed by atoms with E-state index in [0.717, 1.165) is 18.0 Å². The van der Waals surface area contributed by atoms with Gasteiger partial charge in [-0.25, -0.2) is 0 Å². The van der Waals surface area contributed by atoms with Gasteiger partial charge in [-0.15, -0.1) is 0 Å². The number of hydrogen-bond acceptors (Lipinski definition) is 3. The highest BCUT2D eigenvalue weighted by molar-refractivity contribution is 5.55. The van der Waals surface area contributed by atoms with Crippen LogP contribution in [0.1, 0.15) is 6.92 Å². The Morgan fingerprint density at radius 1 is 1.73 bits per heavy atom. The van der Waals surface area contributed by atoms with Crippen molar-refractivity contribution in [3.05, 3.63) is 18.5 Å². The van der Waals surface area contributed by atoms with Gasteiger partial charge in [0.25, 0.3) is 0 Å². The second-order valence-corrected chi connectivity index (χ2v) is 2.68.